The van der Waals surface area contributed by atoms with Crippen LogP contribution in [0.5, 0.6) is 0 Å². The second-order valence-corrected chi connectivity index (χ2v) is 6.55. The number of aryl methyl sites for hydroxylation is 2. The number of benzene rings is 2. The van der Waals surface area contributed by atoms with E-state index in [1.165, 1.54) is 36.0 Å². The summed E-state index contributed by atoms with van der Waals surface area (Å²) in [5.74, 6) is 0.814. The molecule has 0 spiro atoms. The zero-order chi connectivity index (χ0) is 17.5. The molecule has 0 fully saturated rings. The minimum atomic E-state index is 0. The van der Waals surface area contributed by atoms with Crippen LogP contribution in [0.15, 0.2) is 53.5 Å². The third-order valence-corrected chi connectivity index (χ3v) is 4.85. The first-order valence-electron chi connectivity index (χ1n) is 9.01. The Bertz CT molecular complexity index is 718. The van der Waals surface area contributed by atoms with Gasteiger partial charge >= 0.3 is 0 Å². The van der Waals surface area contributed by atoms with Crippen LogP contribution in [0.2, 0.25) is 0 Å². The molecule has 1 atom stereocenters. The average molecular weight is 465 g/mol. The largest absolute Gasteiger partial charge is 0.396 e. The van der Waals surface area contributed by atoms with Gasteiger partial charge in [-0.3, -0.25) is 4.99 Å². The molecule has 5 heteroatoms. The molecule has 1 unspecified atom stereocenters. The predicted octanol–water partition coefficient (Wildman–Crippen LogP) is 3.23. The zero-order valence-electron chi connectivity index (χ0n) is 15.2. The first-order chi connectivity index (χ1) is 12.3. The lowest BCUT2D eigenvalue weighted by Crippen LogP contribution is -2.39. The molecule has 0 aromatic heterocycles. The summed E-state index contributed by atoms with van der Waals surface area (Å²) in [7, 11) is 1.77. The van der Waals surface area contributed by atoms with Crippen LogP contribution in [-0.2, 0) is 19.4 Å². The highest BCUT2D eigenvalue weighted by Crippen LogP contribution is 2.22. The fourth-order valence-corrected chi connectivity index (χ4v) is 3.37. The van der Waals surface area contributed by atoms with Gasteiger partial charge in [0.05, 0.1) is 6.61 Å². The van der Waals surface area contributed by atoms with Gasteiger partial charge in [0, 0.05) is 26.1 Å². The van der Waals surface area contributed by atoms with Crippen molar-refractivity contribution >= 4 is 29.9 Å². The molecule has 0 saturated heterocycles. The first kappa shape index (κ1) is 20.7. The lowest BCUT2D eigenvalue weighted by Gasteiger charge is -2.18. The number of guanidine groups is 1. The highest BCUT2D eigenvalue weighted by Gasteiger charge is 2.12. The SMILES string of the molecule is CN=C(NCc1ccc2c(c1)CCC2)NCC(CO)c1ccccc1.I. The Labute approximate surface area is 173 Å². The Morgan fingerprint density at radius 3 is 2.58 bits per heavy atom. The van der Waals surface area contributed by atoms with Crippen LogP contribution in [0.1, 0.15) is 34.6 Å². The molecule has 3 rings (SSSR count). The van der Waals surface area contributed by atoms with Gasteiger partial charge in [-0.1, -0.05) is 48.5 Å². The van der Waals surface area contributed by atoms with Gasteiger partial charge < -0.3 is 15.7 Å². The lowest BCUT2D eigenvalue weighted by molar-refractivity contribution is 0.265. The number of halogens is 1. The molecule has 2 aromatic rings. The van der Waals surface area contributed by atoms with Crippen molar-refractivity contribution in [2.45, 2.75) is 31.7 Å². The van der Waals surface area contributed by atoms with Crippen LogP contribution in [0.3, 0.4) is 0 Å². The van der Waals surface area contributed by atoms with Crippen molar-refractivity contribution < 1.29 is 5.11 Å². The van der Waals surface area contributed by atoms with Crippen LogP contribution in [-0.4, -0.2) is 31.3 Å². The molecule has 140 valence electrons. The molecule has 3 N–H and O–H groups in total. The molecule has 0 bridgehead atoms. The van der Waals surface area contributed by atoms with E-state index in [4.69, 9.17) is 0 Å². The first-order valence-corrected chi connectivity index (χ1v) is 9.01. The van der Waals surface area contributed by atoms with Crippen molar-refractivity contribution in [1.29, 1.82) is 0 Å². The number of aliphatic hydroxyl groups excluding tert-OH is 1. The topological polar surface area (TPSA) is 56.7 Å². The van der Waals surface area contributed by atoms with Crippen molar-refractivity contribution in [3.8, 4) is 0 Å². The Balaban J connectivity index is 0.00000243. The number of hydrogen-bond donors (Lipinski definition) is 3. The van der Waals surface area contributed by atoms with Crippen LogP contribution >= 0.6 is 24.0 Å². The highest BCUT2D eigenvalue weighted by molar-refractivity contribution is 14.0. The summed E-state index contributed by atoms with van der Waals surface area (Å²) in [5.41, 5.74) is 5.41. The van der Waals surface area contributed by atoms with E-state index in [0.717, 1.165) is 18.1 Å². The standard InChI is InChI=1S/C21H27N3O.HI/c1-22-21(24-14-20(15-25)17-6-3-2-4-7-17)23-13-16-10-11-18-8-5-9-19(18)12-16;/h2-4,6-7,10-12,20,25H,5,8-9,13-15H2,1H3,(H2,22,23,24);1H. The maximum absolute atomic E-state index is 9.66. The van der Waals surface area contributed by atoms with Gasteiger partial charge in [0.1, 0.15) is 0 Å². The number of nitrogens with one attached hydrogen (secondary N) is 2. The minimum absolute atomic E-state index is 0. The lowest BCUT2D eigenvalue weighted by atomic mass is 10.0. The molecule has 0 radical (unpaired) electrons. The smallest absolute Gasteiger partial charge is 0.191 e. The van der Waals surface area contributed by atoms with Gasteiger partial charge in [-0.15, -0.1) is 24.0 Å². The van der Waals surface area contributed by atoms with Gasteiger partial charge in [-0.2, -0.15) is 0 Å². The molecule has 4 nitrogen and oxygen atoms in total. The number of aliphatic imine (C=N–C) groups is 1. The Kier molecular flexibility index (Phi) is 8.38. The monoisotopic (exact) mass is 465 g/mol. The normalized spacial score (nSPS) is 14.3. The van der Waals surface area contributed by atoms with E-state index in [2.05, 4.69) is 33.8 Å². The Morgan fingerprint density at radius 1 is 1.08 bits per heavy atom. The van der Waals surface area contributed by atoms with Gasteiger partial charge in [-0.25, -0.2) is 0 Å². The molecule has 0 aliphatic heterocycles. The molecule has 2 aromatic carbocycles. The van der Waals surface area contributed by atoms with Crippen molar-refractivity contribution in [1.82, 2.24) is 10.6 Å². The van der Waals surface area contributed by atoms with E-state index in [9.17, 15) is 5.11 Å². The van der Waals surface area contributed by atoms with E-state index >= 15 is 0 Å². The maximum atomic E-state index is 9.66. The summed E-state index contributed by atoms with van der Waals surface area (Å²) in [4.78, 5) is 4.29. The quantitative estimate of drug-likeness (QED) is 0.349. The van der Waals surface area contributed by atoms with Gasteiger partial charge in [0.25, 0.3) is 0 Å². The van der Waals surface area contributed by atoms with Crippen molar-refractivity contribution in [3.63, 3.8) is 0 Å². The van der Waals surface area contributed by atoms with Crippen molar-refractivity contribution in [2.24, 2.45) is 4.99 Å². The number of nitrogens with zero attached hydrogens (tertiary/aromatic N) is 1. The fourth-order valence-electron chi connectivity index (χ4n) is 3.37. The Morgan fingerprint density at radius 2 is 1.85 bits per heavy atom. The number of fused-ring (bicyclic) bond motifs is 1. The molecular formula is C21H28IN3O. The molecule has 26 heavy (non-hydrogen) atoms. The summed E-state index contributed by atoms with van der Waals surface area (Å²) in [6.07, 6.45) is 3.69. The van der Waals surface area contributed by atoms with E-state index in [-0.39, 0.29) is 36.5 Å². The molecule has 1 aliphatic rings. The number of hydrogen-bond acceptors (Lipinski definition) is 2. The van der Waals surface area contributed by atoms with Gasteiger partial charge in [0.15, 0.2) is 5.96 Å². The summed E-state index contributed by atoms with van der Waals surface area (Å²) >= 11 is 0. The fraction of sp³-hybridized carbons (Fsp3) is 0.381. The molecular weight excluding hydrogens is 437 g/mol. The second kappa shape index (κ2) is 10.5. The minimum Gasteiger partial charge on any atom is -0.396 e. The van der Waals surface area contributed by atoms with Gasteiger partial charge in [0.2, 0.25) is 0 Å². The van der Waals surface area contributed by atoms with Crippen LogP contribution in [0, 0.1) is 0 Å². The van der Waals surface area contributed by atoms with E-state index in [0.29, 0.717) is 6.54 Å². The van der Waals surface area contributed by atoms with Crippen LogP contribution < -0.4 is 10.6 Å². The third kappa shape index (κ3) is 5.45. The van der Waals surface area contributed by atoms with Crippen molar-refractivity contribution in [3.05, 3.63) is 70.8 Å². The summed E-state index contributed by atoms with van der Waals surface area (Å²) in [5, 5.41) is 16.3. The summed E-state index contributed by atoms with van der Waals surface area (Å²) in [6.45, 7) is 1.51. The molecule has 0 amide bonds. The molecule has 0 heterocycles. The predicted molar refractivity (Wildman–Crippen MR) is 118 cm³/mol. The Hall–Kier alpha value is -1.60. The summed E-state index contributed by atoms with van der Waals surface area (Å²) in [6, 6.07) is 16.8. The van der Waals surface area contributed by atoms with Gasteiger partial charge in [-0.05, 0) is 41.5 Å². The summed E-state index contributed by atoms with van der Waals surface area (Å²) < 4.78 is 0. The van der Waals surface area contributed by atoms with Crippen LogP contribution in [0.4, 0.5) is 0 Å². The average Bonchev–Trinajstić information content (AvgIpc) is 3.13. The third-order valence-electron chi connectivity index (χ3n) is 4.85. The molecule has 0 saturated carbocycles. The van der Waals surface area contributed by atoms with Crippen molar-refractivity contribution in [2.75, 3.05) is 20.2 Å². The van der Waals surface area contributed by atoms with E-state index < -0.39 is 0 Å². The van der Waals surface area contributed by atoms with E-state index in [1.54, 1.807) is 7.05 Å². The van der Waals surface area contributed by atoms with Crippen LogP contribution in [0.25, 0.3) is 0 Å². The maximum Gasteiger partial charge on any atom is 0.191 e. The highest BCUT2D eigenvalue weighted by atomic mass is 127. The van der Waals surface area contributed by atoms with E-state index in [1.807, 2.05) is 30.3 Å². The number of rotatable bonds is 6. The molecule has 1 aliphatic carbocycles. The second-order valence-electron chi connectivity index (χ2n) is 6.55. The number of aliphatic hydroxyl groups is 1. The zero-order valence-corrected chi connectivity index (χ0v) is 17.6.